The Morgan fingerprint density at radius 3 is 2.70 bits per heavy atom. The molecule has 0 unspecified atom stereocenters. The number of alkyl halides is 1. The van der Waals surface area contributed by atoms with Gasteiger partial charge in [-0.3, -0.25) is 3.83 Å². The van der Waals surface area contributed by atoms with Crippen molar-refractivity contribution in [3.63, 3.8) is 0 Å². The van der Waals surface area contributed by atoms with Crippen LogP contribution < -0.4 is 0 Å². The number of aromatic nitrogens is 1. The van der Waals surface area contributed by atoms with Crippen molar-refractivity contribution in [2.24, 2.45) is 0 Å². The largest absolute Gasteiger partial charge is 0.394 e. The van der Waals surface area contributed by atoms with E-state index < -0.39 is 35.8 Å². The second-order valence-electron chi connectivity index (χ2n) is 5.38. The van der Waals surface area contributed by atoms with Gasteiger partial charge in [-0.1, -0.05) is 29.8 Å². The summed E-state index contributed by atoms with van der Waals surface area (Å²) in [6.07, 6.45) is -3.43. The molecule has 1 aromatic heterocycles. The molecular formula is C14H15BrClNO6. The Balaban J connectivity index is 2.26. The molecule has 1 saturated heterocycles. The van der Waals surface area contributed by atoms with Crippen LogP contribution in [0.15, 0.2) is 30.5 Å². The number of nitrogens with one attached hydrogen (secondary N) is 1. The van der Waals surface area contributed by atoms with E-state index in [1.54, 1.807) is 24.3 Å². The molecule has 1 fully saturated rings. The summed E-state index contributed by atoms with van der Waals surface area (Å²) < 4.78 is 10.1. The predicted octanol–water partition coefficient (Wildman–Crippen LogP) is 0.687. The fraction of sp³-hybridized carbons (Fsp3) is 0.429. The van der Waals surface area contributed by atoms with Gasteiger partial charge in [-0.25, -0.2) is 0 Å². The number of hydrogen-bond acceptors (Lipinski definition) is 6. The van der Waals surface area contributed by atoms with E-state index in [-0.39, 0.29) is 5.56 Å². The average molecular weight is 409 g/mol. The molecule has 2 heterocycles. The zero-order valence-electron chi connectivity index (χ0n) is 11.7. The van der Waals surface area contributed by atoms with Gasteiger partial charge in [0.15, 0.2) is 11.9 Å². The topological polar surface area (TPSA) is 115 Å². The van der Waals surface area contributed by atoms with E-state index in [4.69, 9.17) is 20.2 Å². The predicted molar refractivity (Wildman–Crippen MR) is 84.8 cm³/mol. The van der Waals surface area contributed by atoms with Crippen LogP contribution in [0.5, 0.6) is 0 Å². The fourth-order valence-corrected chi connectivity index (χ4v) is 3.77. The molecule has 0 spiro atoms. The number of aliphatic hydroxyl groups excluding tert-OH is 3. The molecule has 0 radical (unpaired) electrons. The number of aliphatic hydroxyl groups is 4. The van der Waals surface area contributed by atoms with E-state index in [9.17, 15) is 20.4 Å². The smallest absolute Gasteiger partial charge is 0.219 e. The van der Waals surface area contributed by atoms with Crippen LogP contribution >= 0.6 is 27.9 Å². The summed E-state index contributed by atoms with van der Waals surface area (Å²) >= 11 is 9.13. The number of H-pyrrole nitrogens is 1. The summed E-state index contributed by atoms with van der Waals surface area (Å²) in [7, 11) is 0. The van der Waals surface area contributed by atoms with Crippen molar-refractivity contribution >= 4 is 38.8 Å². The van der Waals surface area contributed by atoms with Gasteiger partial charge in [0.05, 0.1) is 6.61 Å². The summed E-state index contributed by atoms with van der Waals surface area (Å²) in [4.78, 5) is 2.96. The molecule has 7 nitrogen and oxygen atoms in total. The molecule has 0 saturated carbocycles. The van der Waals surface area contributed by atoms with Crippen LogP contribution in [0.1, 0.15) is 5.56 Å². The maximum atomic E-state index is 11.3. The minimum Gasteiger partial charge on any atom is -0.394 e. The summed E-state index contributed by atoms with van der Waals surface area (Å²) in [6.45, 7) is -0.649. The van der Waals surface area contributed by atoms with Crippen molar-refractivity contribution in [3.8, 4) is 0 Å². The highest BCUT2D eigenvalue weighted by molar-refractivity contribution is 9.06. The van der Waals surface area contributed by atoms with E-state index in [0.29, 0.717) is 10.9 Å². The Bertz CT molecular complexity index is 713. The molecule has 0 bridgehead atoms. The maximum Gasteiger partial charge on any atom is 0.219 e. The molecule has 0 aliphatic carbocycles. The van der Waals surface area contributed by atoms with Gasteiger partial charge in [-0.05, 0) is 6.07 Å². The number of benzene rings is 1. The maximum absolute atomic E-state index is 11.3. The number of aromatic amines is 1. The molecule has 3 rings (SSSR count). The SMILES string of the molecule is OC[C@H]1O[C@@H](O)[C@H](O)[C@](O)(c2c[nH]c3ccccc23)[C@@]1(Cl)OBr. The van der Waals surface area contributed by atoms with Gasteiger partial charge in [0.1, 0.15) is 28.5 Å². The van der Waals surface area contributed by atoms with Crippen LogP contribution in [-0.2, 0) is 14.2 Å². The number of halogens is 2. The van der Waals surface area contributed by atoms with Crippen molar-refractivity contribution < 1.29 is 29.0 Å². The van der Waals surface area contributed by atoms with Gasteiger partial charge < -0.3 is 30.1 Å². The highest BCUT2D eigenvalue weighted by Crippen LogP contribution is 2.51. The van der Waals surface area contributed by atoms with Gasteiger partial charge in [-0.2, -0.15) is 0 Å². The molecule has 5 N–H and O–H groups in total. The zero-order chi connectivity index (χ0) is 16.8. The molecule has 1 aliphatic rings. The number of para-hydroxylation sites is 1. The van der Waals surface area contributed by atoms with Gasteiger partial charge in [-0.15, -0.1) is 0 Å². The first kappa shape index (κ1) is 17.1. The molecule has 126 valence electrons. The Labute approximate surface area is 144 Å². The molecular weight excluding hydrogens is 394 g/mol. The first-order valence-corrected chi connectivity index (χ1v) is 7.82. The minimum atomic E-state index is -2.28. The monoisotopic (exact) mass is 407 g/mol. The quantitative estimate of drug-likeness (QED) is 0.477. The Kier molecular flexibility index (Phi) is 4.45. The minimum absolute atomic E-state index is 0.204. The normalized spacial score (nSPS) is 38.1. The first-order chi connectivity index (χ1) is 10.9. The average Bonchev–Trinajstić information content (AvgIpc) is 3.00. The molecule has 5 atom stereocenters. The first-order valence-electron chi connectivity index (χ1n) is 6.80. The summed E-state index contributed by atoms with van der Waals surface area (Å²) in [6, 6.07) is 7.04. The third kappa shape index (κ3) is 2.25. The van der Waals surface area contributed by atoms with Crippen LogP contribution in [-0.4, -0.2) is 55.6 Å². The second-order valence-corrected chi connectivity index (χ2v) is 6.26. The molecule has 1 aromatic carbocycles. The lowest BCUT2D eigenvalue weighted by Crippen LogP contribution is -2.70. The van der Waals surface area contributed by atoms with Crippen molar-refractivity contribution in [1.82, 2.24) is 4.98 Å². The number of ether oxygens (including phenoxy) is 1. The second kappa shape index (κ2) is 5.98. The lowest BCUT2D eigenvalue weighted by Gasteiger charge is -2.51. The van der Waals surface area contributed by atoms with Crippen LogP contribution in [0.2, 0.25) is 0 Å². The molecule has 1 aliphatic heterocycles. The van der Waals surface area contributed by atoms with Crippen molar-refractivity contribution in [2.75, 3.05) is 6.61 Å². The number of fused-ring (bicyclic) bond motifs is 1. The van der Waals surface area contributed by atoms with Gasteiger partial charge in [0, 0.05) is 22.7 Å². The highest BCUT2D eigenvalue weighted by Gasteiger charge is 2.67. The Morgan fingerprint density at radius 2 is 2.04 bits per heavy atom. The van der Waals surface area contributed by atoms with E-state index in [1.807, 2.05) is 0 Å². The third-order valence-corrected chi connectivity index (χ3v) is 5.52. The van der Waals surface area contributed by atoms with Crippen molar-refractivity contribution in [3.05, 3.63) is 36.0 Å². The lowest BCUT2D eigenvalue weighted by atomic mass is 9.78. The number of hydrogen-bond donors (Lipinski definition) is 5. The Morgan fingerprint density at radius 1 is 1.35 bits per heavy atom. The van der Waals surface area contributed by atoms with E-state index in [2.05, 4.69) is 21.2 Å². The van der Waals surface area contributed by atoms with Crippen LogP contribution in [0.25, 0.3) is 10.9 Å². The fourth-order valence-electron chi connectivity index (χ4n) is 2.98. The molecule has 2 aromatic rings. The zero-order valence-corrected chi connectivity index (χ0v) is 14.0. The van der Waals surface area contributed by atoms with Gasteiger partial charge in [0.25, 0.3) is 0 Å². The van der Waals surface area contributed by atoms with E-state index >= 15 is 0 Å². The van der Waals surface area contributed by atoms with E-state index in [0.717, 1.165) is 0 Å². The Hall–Kier alpha value is -0.710. The summed E-state index contributed by atoms with van der Waals surface area (Å²) in [5.74, 6) is 0. The van der Waals surface area contributed by atoms with E-state index in [1.165, 1.54) is 6.20 Å². The van der Waals surface area contributed by atoms with Crippen LogP contribution in [0.4, 0.5) is 0 Å². The standard InChI is InChI=1S/C14H15BrClNO6/c15-23-14(16)10(6-18)22-12(20)11(19)13(14,21)8-5-17-9-4-2-1-3-7(8)9/h1-5,10-12,17-21H,6H2/t10-,11+,12-,13-,14+/m1/s1. The van der Waals surface area contributed by atoms with Crippen molar-refractivity contribution in [2.45, 2.75) is 29.2 Å². The van der Waals surface area contributed by atoms with Crippen LogP contribution in [0.3, 0.4) is 0 Å². The molecule has 9 heteroatoms. The van der Waals surface area contributed by atoms with Crippen molar-refractivity contribution in [1.29, 1.82) is 0 Å². The highest BCUT2D eigenvalue weighted by atomic mass is 79.9. The third-order valence-electron chi connectivity index (χ3n) is 4.21. The summed E-state index contributed by atoms with van der Waals surface area (Å²) in [5.41, 5.74) is -1.38. The lowest BCUT2D eigenvalue weighted by molar-refractivity contribution is -0.330. The summed E-state index contributed by atoms with van der Waals surface area (Å²) in [5, 5.41) is 39.6. The number of rotatable bonds is 3. The van der Waals surface area contributed by atoms with Gasteiger partial charge >= 0.3 is 0 Å². The molecule has 0 amide bonds. The van der Waals surface area contributed by atoms with Crippen LogP contribution in [0, 0.1) is 0 Å². The van der Waals surface area contributed by atoms with Gasteiger partial charge in [0.2, 0.25) is 5.06 Å². The molecule has 23 heavy (non-hydrogen) atoms.